The Labute approximate surface area is 110 Å². The molecule has 1 unspecified atom stereocenters. The Hall–Kier alpha value is -1.88. The molecule has 0 bridgehead atoms. The minimum absolute atomic E-state index is 0.190. The molecule has 5 heteroatoms. The van der Waals surface area contributed by atoms with Crippen molar-refractivity contribution in [2.45, 2.75) is 19.4 Å². The monoisotopic (exact) mass is 259 g/mol. The molecule has 5 nitrogen and oxygen atoms in total. The number of nitrogens with one attached hydrogen (secondary N) is 2. The van der Waals surface area contributed by atoms with Crippen LogP contribution in [0.15, 0.2) is 33.9 Å². The number of aromatic amines is 1. The molecule has 100 valence electrons. The van der Waals surface area contributed by atoms with E-state index in [4.69, 9.17) is 0 Å². The number of H-pyrrole nitrogens is 1. The van der Waals surface area contributed by atoms with E-state index in [1.165, 1.54) is 4.57 Å². The molecular weight excluding hydrogens is 242 g/mol. The highest BCUT2D eigenvalue weighted by Gasteiger charge is 2.16. The molecule has 0 radical (unpaired) electrons. The van der Waals surface area contributed by atoms with Gasteiger partial charge in [0.2, 0.25) is 0 Å². The van der Waals surface area contributed by atoms with Gasteiger partial charge >= 0.3 is 5.69 Å². The molecule has 2 heterocycles. The Morgan fingerprint density at radius 1 is 1.26 bits per heavy atom. The topological polar surface area (TPSA) is 66.9 Å². The molecule has 2 aromatic rings. The van der Waals surface area contributed by atoms with Gasteiger partial charge in [-0.2, -0.15) is 0 Å². The fourth-order valence-electron chi connectivity index (χ4n) is 2.70. The van der Waals surface area contributed by atoms with E-state index in [1.54, 1.807) is 12.1 Å². The van der Waals surface area contributed by atoms with E-state index in [1.807, 2.05) is 12.1 Å². The highest BCUT2D eigenvalue weighted by atomic mass is 16.2. The van der Waals surface area contributed by atoms with Gasteiger partial charge in [-0.05, 0) is 44.0 Å². The third-order valence-electron chi connectivity index (χ3n) is 3.73. The van der Waals surface area contributed by atoms with Gasteiger partial charge < -0.3 is 10.3 Å². The zero-order valence-corrected chi connectivity index (χ0v) is 10.7. The molecule has 2 N–H and O–H groups in total. The zero-order chi connectivity index (χ0) is 13.2. The third-order valence-corrected chi connectivity index (χ3v) is 3.73. The molecule has 19 heavy (non-hydrogen) atoms. The lowest BCUT2D eigenvalue weighted by Crippen LogP contribution is -2.40. The van der Waals surface area contributed by atoms with Crippen molar-refractivity contribution in [1.82, 2.24) is 14.9 Å². The summed E-state index contributed by atoms with van der Waals surface area (Å²) in [6.07, 6.45) is 2.16. The predicted octanol–water partition coefficient (Wildman–Crippen LogP) is 0.689. The van der Waals surface area contributed by atoms with Crippen molar-refractivity contribution in [2.75, 3.05) is 13.1 Å². The number of hydrogen-bond donors (Lipinski definition) is 2. The van der Waals surface area contributed by atoms with Gasteiger partial charge in [-0.15, -0.1) is 0 Å². The van der Waals surface area contributed by atoms with Gasteiger partial charge in [0, 0.05) is 6.54 Å². The first-order valence-electron chi connectivity index (χ1n) is 6.68. The van der Waals surface area contributed by atoms with E-state index >= 15 is 0 Å². The van der Waals surface area contributed by atoms with Crippen LogP contribution in [0.4, 0.5) is 0 Å². The highest BCUT2D eigenvalue weighted by Crippen LogP contribution is 2.11. The normalized spacial score (nSPS) is 19.7. The second-order valence-electron chi connectivity index (χ2n) is 5.10. The average molecular weight is 259 g/mol. The van der Waals surface area contributed by atoms with Crippen molar-refractivity contribution in [3.8, 4) is 0 Å². The zero-order valence-electron chi connectivity index (χ0n) is 10.7. The van der Waals surface area contributed by atoms with Crippen molar-refractivity contribution >= 4 is 10.9 Å². The number of nitrogens with zero attached hydrogens (tertiary/aromatic N) is 1. The molecule has 0 spiro atoms. The molecule has 1 saturated heterocycles. The van der Waals surface area contributed by atoms with E-state index in [0.717, 1.165) is 25.9 Å². The van der Waals surface area contributed by atoms with Crippen LogP contribution >= 0.6 is 0 Å². The van der Waals surface area contributed by atoms with Gasteiger partial charge in [0.15, 0.2) is 0 Å². The lowest BCUT2D eigenvalue weighted by Gasteiger charge is -2.22. The molecule has 0 saturated carbocycles. The Morgan fingerprint density at radius 2 is 2.11 bits per heavy atom. The quantitative estimate of drug-likeness (QED) is 0.834. The van der Waals surface area contributed by atoms with Gasteiger partial charge in [-0.25, -0.2) is 4.79 Å². The van der Waals surface area contributed by atoms with Crippen LogP contribution in [0.1, 0.15) is 12.8 Å². The average Bonchev–Trinajstić information content (AvgIpc) is 2.45. The summed E-state index contributed by atoms with van der Waals surface area (Å²) < 4.78 is 1.33. The molecule has 1 aromatic carbocycles. The van der Waals surface area contributed by atoms with Crippen LogP contribution < -0.4 is 16.6 Å². The number of para-hydroxylation sites is 1. The van der Waals surface area contributed by atoms with Crippen LogP contribution in [0.25, 0.3) is 10.9 Å². The molecule has 0 aliphatic carbocycles. The van der Waals surface area contributed by atoms with Gasteiger partial charge in [0.1, 0.15) is 0 Å². The minimum Gasteiger partial charge on any atom is -0.316 e. The summed E-state index contributed by atoms with van der Waals surface area (Å²) in [6.45, 7) is 2.39. The molecule has 1 aliphatic heterocycles. The summed E-state index contributed by atoms with van der Waals surface area (Å²) >= 11 is 0. The second kappa shape index (κ2) is 5.01. The number of benzene rings is 1. The molecule has 1 atom stereocenters. The van der Waals surface area contributed by atoms with Crippen molar-refractivity contribution < 1.29 is 0 Å². The van der Waals surface area contributed by atoms with Crippen LogP contribution in [0.2, 0.25) is 0 Å². The summed E-state index contributed by atoms with van der Waals surface area (Å²) in [4.78, 5) is 27.1. The van der Waals surface area contributed by atoms with Crippen LogP contribution in [-0.2, 0) is 6.54 Å². The molecule has 3 rings (SSSR count). The predicted molar refractivity (Wildman–Crippen MR) is 74.4 cm³/mol. The summed E-state index contributed by atoms with van der Waals surface area (Å²) in [5.74, 6) is 0.355. The molecular formula is C14H17N3O2. The second-order valence-corrected chi connectivity index (χ2v) is 5.10. The van der Waals surface area contributed by atoms with Gasteiger partial charge in [0.25, 0.3) is 5.56 Å². The third kappa shape index (κ3) is 2.33. The molecule has 1 aromatic heterocycles. The first kappa shape index (κ1) is 12.2. The highest BCUT2D eigenvalue weighted by molar-refractivity contribution is 5.76. The lowest BCUT2D eigenvalue weighted by molar-refractivity contribution is 0.329. The fourth-order valence-corrected chi connectivity index (χ4v) is 2.70. The van der Waals surface area contributed by atoms with E-state index in [0.29, 0.717) is 23.4 Å². The smallest absolute Gasteiger partial charge is 0.316 e. The largest absolute Gasteiger partial charge is 0.328 e. The maximum Gasteiger partial charge on any atom is 0.328 e. The summed E-state index contributed by atoms with van der Waals surface area (Å²) in [5.41, 5.74) is 0.106. The van der Waals surface area contributed by atoms with Crippen LogP contribution in [0, 0.1) is 5.92 Å². The van der Waals surface area contributed by atoms with Gasteiger partial charge in [-0.1, -0.05) is 12.1 Å². The first-order valence-corrected chi connectivity index (χ1v) is 6.68. The lowest BCUT2D eigenvalue weighted by atomic mass is 10.00. The number of fused-ring (bicyclic) bond motifs is 1. The fraction of sp³-hybridized carbons (Fsp3) is 0.429. The van der Waals surface area contributed by atoms with Gasteiger partial charge in [-0.3, -0.25) is 9.36 Å². The first-order chi connectivity index (χ1) is 9.25. The van der Waals surface area contributed by atoms with Crippen molar-refractivity contribution in [2.24, 2.45) is 5.92 Å². The van der Waals surface area contributed by atoms with Crippen molar-refractivity contribution in [1.29, 1.82) is 0 Å². The van der Waals surface area contributed by atoms with Gasteiger partial charge in [0.05, 0.1) is 10.9 Å². The maximum atomic E-state index is 12.3. The van der Waals surface area contributed by atoms with E-state index in [2.05, 4.69) is 10.3 Å². The number of rotatable bonds is 2. The Morgan fingerprint density at radius 3 is 2.89 bits per heavy atom. The number of aromatic nitrogens is 2. The number of hydrogen-bond acceptors (Lipinski definition) is 3. The number of piperidine rings is 1. The van der Waals surface area contributed by atoms with Crippen molar-refractivity contribution in [3.05, 3.63) is 45.1 Å². The van der Waals surface area contributed by atoms with E-state index in [-0.39, 0.29) is 11.2 Å². The van der Waals surface area contributed by atoms with E-state index in [9.17, 15) is 9.59 Å². The standard InChI is InChI=1S/C14H17N3O2/c18-13-11-5-1-2-6-12(11)16-14(19)17(13)9-10-4-3-7-15-8-10/h1-2,5-6,10,15H,3-4,7-9H2,(H,16,19). The Balaban J connectivity index is 2.03. The Kier molecular flexibility index (Phi) is 3.21. The van der Waals surface area contributed by atoms with Crippen LogP contribution in [0.5, 0.6) is 0 Å². The molecule has 0 amide bonds. The minimum atomic E-state index is -0.311. The van der Waals surface area contributed by atoms with E-state index < -0.39 is 0 Å². The summed E-state index contributed by atoms with van der Waals surface area (Å²) in [5, 5.41) is 3.88. The summed E-state index contributed by atoms with van der Waals surface area (Å²) in [6, 6.07) is 7.13. The molecule has 1 fully saturated rings. The Bertz CT molecular complexity index is 696. The maximum absolute atomic E-state index is 12.3. The molecule has 1 aliphatic rings. The van der Waals surface area contributed by atoms with Crippen LogP contribution in [0.3, 0.4) is 0 Å². The summed E-state index contributed by atoms with van der Waals surface area (Å²) in [7, 11) is 0. The van der Waals surface area contributed by atoms with Crippen LogP contribution in [-0.4, -0.2) is 22.6 Å². The van der Waals surface area contributed by atoms with Crippen molar-refractivity contribution in [3.63, 3.8) is 0 Å². The SMILES string of the molecule is O=c1[nH]c2ccccc2c(=O)n1CC1CCCNC1.